The van der Waals surface area contributed by atoms with Gasteiger partial charge in [0.2, 0.25) is 0 Å². The molecule has 206 valence electrons. The predicted molar refractivity (Wildman–Crippen MR) is 177 cm³/mol. The number of nitrogens with two attached hydrogens (primary N) is 1. The van der Waals surface area contributed by atoms with Crippen LogP contribution in [0.1, 0.15) is 0 Å². The van der Waals surface area contributed by atoms with Crippen molar-refractivity contribution >= 4 is 33.2 Å². The fraction of sp³-hybridized carbons (Fsp3) is 0. The zero-order valence-electron chi connectivity index (χ0n) is 23.7. The molecule has 5 heterocycles. The van der Waals surface area contributed by atoms with Crippen LogP contribution in [0.4, 0.5) is 11.4 Å². The molecular formula is C39H26N5+. The first kappa shape index (κ1) is 24.7. The molecule has 4 aromatic heterocycles. The first-order valence-corrected chi connectivity index (χ1v) is 14.8. The molecule has 0 unspecified atom stereocenters. The summed E-state index contributed by atoms with van der Waals surface area (Å²) in [6.07, 6.45) is 3.61. The molecule has 0 atom stereocenters. The zero-order valence-corrected chi connectivity index (χ0v) is 23.7. The topological polar surface area (TPSA) is 60.2 Å². The van der Waals surface area contributed by atoms with Crippen LogP contribution in [0.15, 0.2) is 146 Å². The molecule has 0 fully saturated rings. The van der Waals surface area contributed by atoms with Crippen molar-refractivity contribution in [2.24, 2.45) is 0 Å². The van der Waals surface area contributed by atoms with Gasteiger partial charge in [0.15, 0.2) is 0 Å². The normalized spacial score (nSPS) is 12.0. The van der Waals surface area contributed by atoms with Crippen molar-refractivity contribution in [3.8, 4) is 50.7 Å². The van der Waals surface area contributed by atoms with E-state index in [-0.39, 0.29) is 0 Å². The average molecular weight is 565 g/mol. The molecule has 0 bridgehead atoms. The van der Waals surface area contributed by atoms with Gasteiger partial charge in [-0.05, 0) is 83.9 Å². The Labute approximate surface area is 254 Å². The van der Waals surface area contributed by atoms with Crippen LogP contribution >= 0.6 is 0 Å². The van der Waals surface area contributed by atoms with Crippen LogP contribution in [0.2, 0.25) is 0 Å². The van der Waals surface area contributed by atoms with Crippen molar-refractivity contribution in [2.45, 2.75) is 0 Å². The van der Waals surface area contributed by atoms with Gasteiger partial charge in [0, 0.05) is 46.4 Å². The molecule has 0 aliphatic carbocycles. The summed E-state index contributed by atoms with van der Waals surface area (Å²) in [7, 11) is 0. The highest BCUT2D eigenvalue weighted by molar-refractivity contribution is 6.10. The van der Waals surface area contributed by atoms with E-state index in [0.29, 0.717) is 0 Å². The second kappa shape index (κ2) is 9.83. The van der Waals surface area contributed by atoms with Crippen molar-refractivity contribution < 1.29 is 5.32 Å². The summed E-state index contributed by atoms with van der Waals surface area (Å²) in [5.41, 5.74) is 14.1. The van der Waals surface area contributed by atoms with Crippen LogP contribution in [-0.4, -0.2) is 19.5 Å². The molecule has 8 aromatic rings. The maximum atomic E-state index is 5.00. The van der Waals surface area contributed by atoms with Gasteiger partial charge in [0.25, 0.3) is 0 Å². The number of hydrogen-bond donors (Lipinski definition) is 1. The van der Waals surface area contributed by atoms with Crippen LogP contribution in [0.25, 0.3) is 72.5 Å². The second-order valence-electron chi connectivity index (χ2n) is 11.1. The van der Waals surface area contributed by atoms with Crippen molar-refractivity contribution in [3.05, 3.63) is 146 Å². The third kappa shape index (κ3) is 3.95. The Morgan fingerprint density at radius 1 is 0.455 bits per heavy atom. The van der Waals surface area contributed by atoms with Gasteiger partial charge in [-0.3, -0.25) is 15.3 Å². The third-order valence-corrected chi connectivity index (χ3v) is 8.54. The predicted octanol–water partition coefficient (Wildman–Crippen LogP) is 8.48. The van der Waals surface area contributed by atoms with Gasteiger partial charge in [0.1, 0.15) is 11.4 Å². The molecule has 0 saturated carbocycles. The Hall–Kier alpha value is -5.91. The number of nitrogens with zero attached hydrogens (tertiary/aromatic N) is 4. The van der Waals surface area contributed by atoms with E-state index in [1.807, 2.05) is 48.8 Å². The summed E-state index contributed by atoms with van der Waals surface area (Å²) in [5, 5.41) is 4.69. The highest BCUT2D eigenvalue weighted by Crippen LogP contribution is 2.40. The average Bonchev–Trinajstić information content (AvgIpc) is 3.64. The highest BCUT2D eigenvalue weighted by Gasteiger charge is 2.23. The van der Waals surface area contributed by atoms with Crippen LogP contribution in [0.5, 0.6) is 0 Å². The lowest BCUT2D eigenvalue weighted by molar-refractivity contribution is -0.473. The van der Waals surface area contributed by atoms with Gasteiger partial charge < -0.3 is 4.57 Å². The van der Waals surface area contributed by atoms with Gasteiger partial charge in [-0.2, -0.15) is 0 Å². The van der Waals surface area contributed by atoms with E-state index in [0.717, 1.165) is 39.5 Å². The molecule has 44 heavy (non-hydrogen) atoms. The standard InChI is InChI=1S/C39H25N5/c1-3-11-32-28(9-1)30-21-25(15-17-33(30)42-32)26-16-18-39-31(22-26)29-10-2-4-14-38(29)44(39)27-23-36(34-12-5-7-19-40-34)43-37(24-27)35-13-6-8-20-41-35/h1-24,42H/p+1. The first-order chi connectivity index (χ1) is 21.8. The SMILES string of the molecule is c1ccc(-c2cc(-n3c4ccccc4c4cc(-c5ccc6c(c5)-c5ccccc5[NH2+]6)ccc43)cc(-c3ccccn3)n2)nc1. The Bertz CT molecular complexity index is 2300. The monoisotopic (exact) mass is 564 g/mol. The Morgan fingerprint density at radius 2 is 1.09 bits per heavy atom. The van der Waals surface area contributed by atoms with Crippen LogP contribution < -0.4 is 5.32 Å². The number of aromatic nitrogens is 4. The molecule has 9 rings (SSSR count). The lowest BCUT2D eigenvalue weighted by atomic mass is 9.98. The van der Waals surface area contributed by atoms with Crippen LogP contribution in [0.3, 0.4) is 0 Å². The minimum Gasteiger partial charge on any atom is -0.309 e. The zero-order chi connectivity index (χ0) is 29.0. The largest absolute Gasteiger partial charge is 0.309 e. The molecule has 1 aliphatic heterocycles. The van der Waals surface area contributed by atoms with E-state index in [1.54, 1.807) is 0 Å². The Kier molecular flexibility index (Phi) is 5.51. The van der Waals surface area contributed by atoms with E-state index in [9.17, 15) is 0 Å². The molecule has 4 aromatic carbocycles. The number of benzene rings is 4. The molecule has 1 aliphatic rings. The number of pyridine rings is 3. The number of fused-ring (bicyclic) bond motifs is 6. The molecule has 0 spiro atoms. The van der Waals surface area contributed by atoms with Gasteiger partial charge in [-0.15, -0.1) is 0 Å². The second-order valence-corrected chi connectivity index (χ2v) is 11.1. The maximum absolute atomic E-state index is 5.00. The van der Waals surface area contributed by atoms with E-state index in [2.05, 4.69) is 117 Å². The summed E-state index contributed by atoms with van der Waals surface area (Å²) in [6.45, 7) is 0. The number of para-hydroxylation sites is 2. The maximum Gasteiger partial charge on any atom is 0.142 e. The summed E-state index contributed by atoms with van der Waals surface area (Å²) in [6, 6.07) is 47.0. The summed E-state index contributed by atoms with van der Waals surface area (Å²) in [5.74, 6) is 0. The molecule has 0 radical (unpaired) electrons. The molecule has 5 heteroatoms. The molecule has 0 saturated heterocycles. The lowest BCUT2D eigenvalue weighted by Crippen LogP contribution is -2.69. The molecule has 5 nitrogen and oxygen atoms in total. The first-order valence-electron chi connectivity index (χ1n) is 14.8. The van der Waals surface area contributed by atoms with Gasteiger partial charge in [-0.25, -0.2) is 4.98 Å². The third-order valence-electron chi connectivity index (χ3n) is 8.54. The summed E-state index contributed by atoms with van der Waals surface area (Å²) in [4.78, 5) is 14.2. The van der Waals surface area contributed by atoms with Crippen molar-refractivity contribution in [2.75, 3.05) is 0 Å². The fourth-order valence-electron chi connectivity index (χ4n) is 6.50. The number of rotatable bonds is 4. The van der Waals surface area contributed by atoms with Gasteiger partial charge >= 0.3 is 0 Å². The van der Waals surface area contributed by atoms with E-state index < -0.39 is 0 Å². The Balaban J connectivity index is 1.25. The van der Waals surface area contributed by atoms with Crippen molar-refractivity contribution in [3.63, 3.8) is 0 Å². The molecule has 2 N–H and O–H groups in total. The van der Waals surface area contributed by atoms with Crippen molar-refractivity contribution in [1.82, 2.24) is 19.5 Å². The van der Waals surface area contributed by atoms with Crippen LogP contribution in [-0.2, 0) is 0 Å². The number of hydrogen-bond acceptors (Lipinski definition) is 3. The fourth-order valence-corrected chi connectivity index (χ4v) is 6.50. The number of quaternary nitrogens is 1. The molecule has 0 amide bonds. The molecular weight excluding hydrogens is 538 g/mol. The quantitative estimate of drug-likeness (QED) is 0.218. The van der Waals surface area contributed by atoms with E-state index in [4.69, 9.17) is 4.98 Å². The minimum atomic E-state index is 0.807. The van der Waals surface area contributed by atoms with Gasteiger partial charge in [0.05, 0.1) is 39.5 Å². The van der Waals surface area contributed by atoms with Crippen molar-refractivity contribution in [1.29, 1.82) is 0 Å². The van der Waals surface area contributed by atoms with E-state index in [1.165, 1.54) is 44.4 Å². The lowest BCUT2D eigenvalue weighted by Gasteiger charge is -2.12. The summed E-state index contributed by atoms with van der Waals surface area (Å²) >= 11 is 0. The Morgan fingerprint density at radius 3 is 1.86 bits per heavy atom. The summed E-state index contributed by atoms with van der Waals surface area (Å²) < 4.78 is 2.34. The van der Waals surface area contributed by atoms with Crippen LogP contribution in [0, 0.1) is 0 Å². The van der Waals surface area contributed by atoms with Gasteiger partial charge in [-0.1, -0.05) is 48.5 Å². The smallest absolute Gasteiger partial charge is 0.142 e. The highest BCUT2D eigenvalue weighted by atomic mass is 15.0. The van der Waals surface area contributed by atoms with E-state index >= 15 is 0 Å². The minimum absolute atomic E-state index is 0.807.